The van der Waals surface area contributed by atoms with Gasteiger partial charge in [-0.1, -0.05) is 12.1 Å². The van der Waals surface area contributed by atoms with Crippen molar-refractivity contribution >= 4 is 12.4 Å². The molecule has 2 nitrogen and oxygen atoms in total. The van der Waals surface area contributed by atoms with Crippen molar-refractivity contribution in [3.05, 3.63) is 29.8 Å². The Balaban J connectivity index is 0.00000256. The first kappa shape index (κ1) is 16.1. The topological polar surface area (TPSA) is 12.5 Å². The third kappa shape index (κ3) is 7.07. The standard InChI is InChI=1S/C11H14F3NO.ClH/c1-15(2)8-7-9-3-5-10(6-4-9)16-11(12,13)14;/h3-6H,7-8H2,1-2H3;1H. The summed E-state index contributed by atoms with van der Waals surface area (Å²) in [4.78, 5) is 2.01. The lowest BCUT2D eigenvalue weighted by atomic mass is 10.1. The quantitative estimate of drug-likeness (QED) is 0.833. The molecule has 0 fully saturated rings. The van der Waals surface area contributed by atoms with E-state index in [0.29, 0.717) is 0 Å². The maximum absolute atomic E-state index is 11.9. The fraction of sp³-hybridized carbons (Fsp3) is 0.455. The SMILES string of the molecule is CN(C)CCc1ccc(OC(F)(F)F)cc1.Cl. The van der Waals surface area contributed by atoms with E-state index in [1.165, 1.54) is 12.1 Å². The first-order valence-corrected chi connectivity index (χ1v) is 4.86. The maximum atomic E-state index is 11.9. The summed E-state index contributed by atoms with van der Waals surface area (Å²) in [6.45, 7) is 0.861. The Morgan fingerprint density at radius 2 is 1.65 bits per heavy atom. The van der Waals surface area contributed by atoms with Crippen LogP contribution in [0.15, 0.2) is 24.3 Å². The van der Waals surface area contributed by atoms with Crippen LogP contribution in [-0.4, -0.2) is 31.9 Å². The smallest absolute Gasteiger partial charge is 0.406 e. The molecule has 1 aromatic rings. The van der Waals surface area contributed by atoms with E-state index in [0.717, 1.165) is 18.5 Å². The Hall–Kier alpha value is -0.940. The second-order valence-electron chi connectivity index (χ2n) is 3.75. The van der Waals surface area contributed by atoms with Gasteiger partial charge in [-0.2, -0.15) is 0 Å². The van der Waals surface area contributed by atoms with Gasteiger partial charge in [-0.15, -0.1) is 25.6 Å². The molecular formula is C11H15ClF3NO. The normalized spacial score (nSPS) is 11.2. The van der Waals surface area contributed by atoms with Crippen molar-refractivity contribution < 1.29 is 17.9 Å². The molecule has 0 amide bonds. The summed E-state index contributed by atoms with van der Waals surface area (Å²) in [7, 11) is 3.89. The molecule has 0 atom stereocenters. The molecule has 98 valence electrons. The molecule has 0 aliphatic carbocycles. The lowest BCUT2D eigenvalue weighted by Gasteiger charge is -2.11. The van der Waals surface area contributed by atoms with E-state index in [1.807, 2.05) is 19.0 Å². The van der Waals surface area contributed by atoms with Crippen LogP contribution in [0.25, 0.3) is 0 Å². The lowest BCUT2D eigenvalue weighted by molar-refractivity contribution is -0.274. The second kappa shape index (κ2) is 6.71. The molecule has 0 aliphatic rings. The van der Waals surface area contributed by atoms with Gasteiger partial charge in [0.15, 0.2) is 0 Å². The number of benzene rings is 1. The Labute approximate surface area is 105 Å². The highest BCUT2D eigenvalue weighted by atomic mass is 35.5. The summed E-state index contributed by atoms with van der Waals surface area (Å²) in [6.07, 6.45) is -3.82. The van der Waals surface area contributed by atoms with Gasteiger partial charge in [0.1, 0.15) is 5.75 Å². The van der Waals surface area contributed by atoms with Gasteiger partial charge >= 0.3 is 6.36 Å². The molecule has 0 aliphatic heterocycles. The predicted octanol–water partition coefficient (Wildman–Crippen LogP) is 3.11. The molecule has 17 heavy (non-hydrogen) atoms. The van der Waals surface area contributed by atoms with Gasteiger partial charge in [0.25, 0.3) is 0 Å². The van der Waals surface area contributed by atoms with Gasteiger partial charge in [-0.05, 0) is 38.2 Å². The minimum Gasteiger partial charge on any atom is -0.406 e. The molecule has 6 heteroatoms. The van der Waals surface area contributed by atoms with Crippen LogP contribution in [0.1, 0.15) is 5.56 Å². The van der Waals surface area contributed by atoms with Crippen molar-refractivity contribution in [2.24, 2.45) is 0 Å². The number of ether oxygens (including phenoxy) is 1. The average Bonchev–Trinajstić information content (AvgIpc) is 2.14. The van der Waals surface area contributed by atoms with Crippen molar-refractivity contribution in [3.8, 4) is 5.75 Å². The third-order valence-corrected chi connectivity index (χ3v) is 2.00. The van der Waals surface area contributed by atoms with Crippen LogP contribution >= 0.6 is 12.4 Å². The van der Waals surface area contributed by atoms with Gasteiger partial charge in [-0.25, -0.2) is 0 Å². The zero-order valence-electron chi connectivity index (χ0n) is 9.62. The largest absolute Gasteiger partial charge is 0.573 e. The van der Waals surface area contributed by atoms with Crippen LogP contribution in [0.3, 0.4) is 0 Å². The number of nitrogens with zero attached hydrogens (tertiary/aromatic N) is 1. The minimum atomic E-state index is -4.62. The zero-order valence-corrected chi connectivity index (χ0v) is 10.4. The fourth-order valence-electron chi connectivity index (χ4n) is 1.21. The van der Waals surface area contributed by atoms with Crippen molar-refractivity contribution in [3.63, 3.8) is 0 Å². The first-order chi connectivity index (χ1) is 7.37. The van der Waals surface area contributed by atoms with E-state index in [9.17, 15) is 13.2 Å². The molecule has 0 saturated carbocycles. The second-order valence-corrected chi connectivity index (χ2v) is 3.75. The lowest BCUT2D eigenvalue weighted by Crippen LogP contribution is -2.17. The zero-order chi connectivity index (χ0) is 12.2. The number of hydrogen-bond acceptors (Lipinski definition) is 2. The van der Waals surface area contributed by atoms with Gasteiger partial charge in [0, 0.05) is 6.54 Å². The molecular weight excluding hydrogens is 255 g/mol. The highest BCUT2D eigenvalue weighted by Crippen LogP contribution is 2.22. The van der Waals surface area contributed by atoms with Crippen LogP contribution in [-0.2, 0) is 6.42 Å². The van der Waals surface area contributed by atoms with Crippen molar-refractivity contribution in [2.45, 2.75) is 12.8 Å². The van der Waals surface area contributed by atoms with Crippen molar-refractivity contribution in [1.82, 2.24) is 4.90 Å². The molecule has 0 radical (unpaired) electrons. The highest BCUT2D eigenvalue weighted by molar-refractivity contribution is 5.85. The highest BCUT2D eigenvalue weighted by Gasteiger charge is 2.30. The summed E-state index contributed by atoms with van der Waals surface area (Å²) in [5.41, 5.74) is 0.989. The van der Waals surface area contributed by atoms with Gasteiger partial charge < -0.3 is 9.64 Å². The summed E-state index contributed by atoms with van der Waals surface area (Å²) >= 11 is 0. The predicted molar refractivity (Wildman–Crippen MR) is 62.6 cm³/mol. The van der Waals surface area contributed by atoms with Crippen LogP contribution in [0.4, 0.5) is 13.2 Å². The Morgan fingerprint density at radius 3 is 2.06 bits per heavy atom. The average molecular weight is 270 g/mol. The van der Waals surface area contributed by atoms with E-state index in [4.69, 9.17) is 0 Å². The van der Waals surface area contributed by atoms with Crippen molar-refractivity contribution in [1.29, 1.82) is 0 Å². The molecule has 0 heterocycles. The monoisotopic (exact) mass is 269 g/mol. The molecule has 0 unspecified atom stereocenters. The number of likely N-dealkylation sites (N-methyl/N-ethyl adjacent to an activating group) is 1. The number of halogens is 4. The van der Waals surface area contributed by atoms with Crippen molar-refractivity contribution in [2.75, 3.05) is 20.6 Å². The van der Waals surface area contributed by atoms with Gasteiger partial charge in [0.2, 0.25) is 0 Å². The Morgan fingerprint density at radius 1 is 1.12 bits per heavy atom. The van der Waals surface area contributed by atoms with Crippen LogP contribution in [0, 0.1) is 0 Å². The molecule has 0 saturated heterocycles. The fourth-order valence-corrected chi connectivity index (χ4v) is 1.21. The Bertz CT molecular complexity index is 324. The molecule has 0 spiro atoms. The van der Waals surface area contributed by atoms with E-state index in [-0.39, 0.29) is 18.2 Å². The molecule has 1 rings (SSSR count). The van der Waals surface area contributed by atoms with Crippen LogP contribution in [0.5, 0.6) is 5.75 Å². The summed E-state index contributed by atoms with van der Waals surface area (Å²) in [6, 6.07) is 5.95. The molecule has 0 bridgehead atoms. The van der Waals surface area contributed by atoms with E-state index < -0.39 is 6.36 Å². The van der Waals surface area contributed by atoms with Gasteiger partial charge in [-0.3, -0.25) is 0 Å². The minimum absolute atomic E-state index is 0. The number of alkyl halides is 3. The van der Waals surface area contributed by atoms with E-state index in [1.54, 1.807) is 12.1 Å². The number of hydrogen-bond donors (Lipinski definition) is 0. The van der Waals surface area contributed by atoms with Gasteiger partial charge in [0.05, 0.1) is 0 Å². The Kier molecular flexibility index (Phi) is 6.34. The molecule has 0 aromatic heterocycles. The summed E-state index contributed by atoms with van der Waals surface area (Å²) < 4.78 is 39.4. The third-order valence-electron chi connectivity index (χ3n) is 2.00. The van der Waals surface area contributed by atoms with Crippen LogP contribution in [0.2, 0.25) is 0 Å². The van der Waals surface area contributed by atoms with Crippen LogP contribution < -0.4 is 4.74 Å². The van der Waals surface area contributed by atoms with E-state index in [2.05, 4.69) is 4.74 Å². The number of rotatable bonds is 4. The molecule has 0 N–H and O–H groups in total. The summed E-state index contributed by atoms with van der Waals surface area (Å²) in [5.74, 6) is -0.180. The van der Waals surface area contributed by atoms with E-state index >= 15 is 0 Å². The molecule has 1 aromatic carbocycles. The maximum Gasteiger partial charge on any atom is 0.573 e. The summed E-state index contributed by atoms with van der Waals surface area (Å²) in [5, 5.41) is 0. The first-order valence-electron chi connectivity index (χ1n) is 4.86.